The smallest absolute Gasteiger partial charge is 0.193 e. The average Bonchev–Trinajstić information content (AvgIpc) is 2.27. The molecule has 0 spiro atoms. The number of benzene rings is 1. The van der Waals surface area contributed by atoms with E-state index in [-0.39, 0.29) is 5.43 Å². The molecule has 0 aliphatic heterocycles. The molecule has 0 saturated heterocycles. The van der Waals surface area contributed by atoms with E-state index < -0.39 is 10.8 Å². The van der Waals surface area contributed by atoms with Crippen molar-refractivity contribution in [1.82, 2.24) is 0 Å². The van der Waals surface area contributed by atoms with E-state index in [1.54, 1.807) is 18.2 Å². The Hall–Kier alpha value is -1.39. The lowest BCUT2D eigenvalue weighted by Gasteiger charge is -1.99. The van der Waals surface area contributed by atoms with Gasteiger partial charge in [-0.15, -0.1) is 0 Å². The van der Waals surface area contributed by atoms with Crippen molar-refractivity contribution in [3.63, 3.8) is 0 Å². The van der Waals surface area contributed by atoms with Crippen LogP contribution in [0.1, 0.15) is 5.76 Å². The van der Waals surface area contributed by atoms with Crippen molar-refractivity contribution in [3.05, 3.63) is 50.7 Å². The lowest BCUT2D eigenvalue weighted by atomic mass is 10.2. The highest BCUT2D eigenvalue weighted by atomic mass is 35.5. The Labute approximate surface area is 105 Å². The Morgan fingerprint density at radius 2 is 2.12 bits per heavy atom. The third-order valence-corrected chi connectivity index (χ3v) is 2.89. The first-order valence-electron chi connectivity index (χ1n) is 4.80. The van der Waals surface area contributed by atoms with Gasteiger partial charge in [0.05, 0.1) is 5.39 Å². The zero-order valence-electron chi connectivity index (χ0n) is 8.98. The maximum atomic E-state index is 11.8. The molecule has 88 valence electrons. The van der Waals surface area contributed by atoms with E-state index in [0.29, 0.717) is 21.8 Å². The maximum Gasteiger partial charge on any atom is 0.193 e. The fraction of sp³-hybridized carbons (Fsp3) is 0.0833. The van der Waals surface area contributed by atoms with E-state index in [4.69, 9.17) is 16.0 Å². The number of hydrogen-bond donors (Lipinski definition) is 0. The van der Waals surface area contributed by atoms with Crippen LogP contribution in [0.25, 0.3) is 17.0 Å². The number of fused-ring (bicyclic) bond motifs is 1. The van der Waals surface area contributed by atoms with Gasteiger partial charge in [0.1, 0.15) is 11.3 Å². The quantitative estimate of drug-likeness (QED) is 0.841. The molecular weight excluding hydrogens is 260 g/mol. The Morgan fingerprint density at radius 3 is 2.82 bits per heavy atom. The van der Waals surface area contributed by atoms with Gasteiger partial charge in [-0.2, -0.15) is 0 Å². The van der Waals surface area contributed by atoms with Crippen molar-refractivity contribution < 1.29 is 8.63 Å². The van der Waals surface area contributed by atoms with Crippen molar-refractivity contribution in [2.75, 3.05) is 6.26 Å². The summed E-state index contributed by atoms with van der Waals surface area (Å²) in [6.45, 7) is 0. The summed E-state index contributed by atoms with van der Waals surface area (Å²) in [5.74, 6) is 0.375. The van der Waals surface area contributed by atoms with Crippen molar-refractivity contribution in [1.29, 1.82) is 0 Å². The summed E-state index contributed by atoms with van der Waals surface area (Å²) in [5.41, 5.74) is 0.290. The van der Waals surface area contributed by atoms with Crippen molar-refractivity contribution >= 4 is 39.4 Å². The molecular formula is C12H9ClO3S. The van der Waals surface area contributed by atoms with Gasteiger partial charge in [0.15, 0.2) is 5.43 Å². The van der Waals surface area contributed by atoms with Crippen molar-refractivity contribution in [2.24, 2.45) is 0 Å². The van der Waals surface area contributed by atoms with E-state index >= 15 is 0 Å². The fourth-order valence-electron chi connectivity index (χ4n) is 1.39. The van der Waals surface area contributed by atoms with Crippen LogP contribution in [0.2, 0.25) is 5.02 Å². The van der Waals surface area contributed by atoms with Gasteiger partial charge in [0, 0.05) is 33.6 Å². The Balaban J connectivity index is 2.60. The van der Waals surface area contributed by atoms with Crippen LogP contribution < -0.4 is 5.43 Å². The molecule has 1 atom stereocenters. The number of hydrogen-bond acceptors (Lipinski definition) is 3. The SMILES string of the molecule is CS(=O)/C=C/c1cc(=O)c2cc(Cl)ccc2o1. The van der Waals surface area contributed by atoms with Crippen molar-refractivity contribution in [3.8, 4) is 0 Å². The molecule has 1 aromatic carbocycles. The third kappa shape index (κ3) is 2.84. The summed E-state index contributed by atoms with van der Waals surface area (Å²) in [6.07, 6.45) is 3.06. The monoisotopic (exact) mass is 268 g/mol. The molecule has 0 amide bonds. The van der Waals surface area contributed by atoms with E-state index in [1.807, 2.05) is 0 Å². The summed E-state index contributed by atoms with van der Waals surface area (Å²) in [7, 11) is -1.07. The first kappa shape index (κ1) is 12.1. The van der Waals surface area contributed by atoms with Crippen LogP contribution in [0.4, 0.5) is 0 Å². The van der Waals surface area contributed by atoms with Gasteiger partial charge in [-0.3, -0.25) is 9.00 Å². The van der Waals surface area contributed by atoms with Crippen LogP contribution in [-0.4, -0.2) is 10.5 Å². The average molecular weight is 269 g/mol. The zero-order chi connectivity index (χ0) is 12.4. The highest BCUT2D eigenvalue weighted by molar-refractivity contribution is 7.87. The highest BCUT2D eigenvalue weighted by Gasteiger charge is 2.03. The van der Waals surface area contributed by atoms with Gasteiger partial charge < -0.3 is 4.42 Å². The molecule has 1 unspecified atom stereocenters. The van der Waals surface area contributed by atoms with Crippen LogP contribution in [0.15, 0.2) is 38.9 Å². The third-order valence-electron chi connectivity index (χ3n) is 2.13. The van der Waals surface area contributed by atoms with Gasteiger partial charge in [-0.25, -0.2) is 0 Å². The minimum Gasteiger partial charge on any atom is -0.456 e. The topological polar surface area (TPSA) is 47.3 Å². The van der Waals surface area contributed by atoms with E-state index in [2.05, 4.69) is 0 Å². The molecule has 0 fully saturated rings. The van der Waals surface area contributed by atoms with Gasteiger partial charge in [-0.1, -0.05) is 11.6 Å². The van der Waals surface area contributed by atoms with Gasteiger partial charge >= 0.3 is 0 Å². The maximum absolute atomic E-state index is 11.8. The van der Waals surface area contributed by atoms with Crippen LogP contribution >= 0.6 is 11.6 Å². The van der Waals surface area contributed by atoms with Crippen LogP contribution in [-0.2, 0) is 10.8 Å². The molecule has 0 radical (unpaired) electrons. The van der Waals surface area contributed by atoms with Crippen LogP contribution in [0.5, 0.6) is 0 Å². The Bertz CT molecular complexity index is 673. The predicted molar refractivity (Wildman–Crippen MR) is 70.6 cm³/mol. The lowest BCUT2D eigenvalue weighted by molar-refractivity contribution is 0.591. The van der Waals surface area contributed by atoms with Gasteiger partial charge in [-0.05, 0) is 24.3 Å². The molecule has 1 heterocycles. The molecule has 3 nitrogen and oxygen atoms in total. The summed E-state index contributed by atoms with van der Waals surface area (Å²) in [4.78, 5) is 11.8. The second-order valence-corrected chi connectivity index (χ2v) is 5.16. The summed E-state index contributed by atoms with van der Waals surface area (Å²) >= 11 is 5.80. The predicted octanol–water partition coefficient (Wildman–Crippen LogP) is 2.80. The molecule has 2 rings (SSSR count). The number of halogens is 1. The zero-order valence-corrected chi connectivity index (χ0v) is 10.5. The Kier molecular flexibility index (Phi) is 3.45. The first-order valence-corrected chi connectivity index (χ1v) is 6.80. The fourth-order valence-corrected chi connectivity index (χ4v) is 1.89. The minimum atomic E-state index is -1.07. The molecule has 0 aliphatic rings. The molecule has 1 aromatic heterocycles. The van der Waals surface area contributed by atoms with Crippen LogP contribution in [0, 0.1) is 0 Å². The van der Waals surface area contributed by atoms with Gasteiger partial charge in [0.25, 0.3) is 0 Å². The first-order chi connectivity index (χ1) is 8.06. The molecule has 0 aliphatic carbocycles. The largest absolute Gasteiger partial charge is 0.456 e. The van der Waals surface area contributed by atoms with E-state index in [9.17, 15) is 9.00 Å². The highest BCUT2D eigenvalue weighted by Crippen LogP contribution is 2.18. The lowest BCUT2D eigenvalue weighted by Crippen LogP contribution is -2.00. The second-order valence-electron chi connectivity index (χ2n) is 3.45. The molecule has 17 heavy (non-hydrogen) atoms. The standard InChI is InChI=1S/C12H9ClO3S/c1-17(15)5-4-9-7-11(14)10-6-8(13)2-3-12(10)16-9/h2-7H,1H3/b5-4+. The normalized spacial score (nSPS) is 13.3. The second kappa shape index (κ2) is 4.85. The number of rotatable bonds is 2. The summed E-state index contributed by atoms with van der Waals surface area (Å²) in [5, 5.41) is 2.38. The van der Waals surface area contributed by atoms with E-state index in [1.165, 1.54) is 23.8 Å². The summed E-state index contributed by atoms with van der Waals surface area (Å²) in [6, 6.07) is 6.20. The Morgan fingerprint density at radius 1 is 1.35 bits per heavy atom. The summed E-state index contributed by atoms with van der Waals surface area (Å²) < 4.78 is 16.4. The molecule has 0 N–H and O–H groups in total. The molecule has 0 saturated carbocycles. The molecule has 5 heteroatoms. The van der Waals surface area contributed by atoms with Gasteiger partial charge in [0.2, 0.25) is 0 Å². The van der Waals surface area contributed by atoms with E-state index in [0.717, 1.165) is 0 Å². The van der Waals surface area contributed by atoms with Crippen LogP contribution in [0.3, 0.4) is 0 Å². The molecule has 0 bridgehead atoms. The minimum absolute atomic E-state index is 0.171. The molecule has 2 aromatic rings. The van der Waals surface area contributed by atoms with Crippen molar-refractivity contribution in [2.45, 2.75) is 0 Å².